The van der Waals surface area contributed by atoms with E-state index in [1.807, 2.05) is 43.3 Å². The molecule has 0 unspecified atom stereocenters. The van der Waals surface area contributed by atoms with Crippen LogP contribution in [0.5, 0.6) is 0 Å². The lowest BCUT2D eigenvalue weighted by Gasteiger charge is -2.06. The van der Waals surface area contributed by atoms with Crippen molar-refractivity contribution in [2.24, 2.45) is 0 Å². The van der Waals surface area contributed by atoms with Gasteiger partial charge in [-0.3, -0.25) is 4.79 Å². The molecule has 0 atom stereocenters. The second kappa shape index (κ2) is 7.43. The third-order valence-electron chi connectivity index (χ3n) is 2.80. The number of hydrogen-bond acceptors (Lipinski definition) is 3. The SMILES string of the molecule is Cc1ccc(NC(=O)CNCCc2ccc(Cl)s2)cc1. The molecule has 5 heteroatoms. The number of benzene rings is 1. The number of carbonyl (C=O) groups is 1. The summed E-state index contributed by atoms with van der Waals surface area (Å²) in [4.78, 5) is 12.9. The quantitative estimate of drug-likeness (QED) is 0.802. The van der Waals surface area contributed by atoms with Crippen molar-refractivity contribution < 1.29 is 4.79 Å². The fourth-order valence-corrected chi connectivity index (χ4v) is 2.83. The molecule has 2 aromatic rings. The summed E-state index contributed by atoms with van der Waals surface area (Å²) in [5.41, 5.74) is 2.00. The van der Waals surface area contributed by atoms with Gasteiger partial charge in [0.2, 0.25) is 5.91 Å². The van der Waals surface area contributed by atoms with E-state index in [-0.39, 0.29) is 5.91 Å². The predicted molar refractivity (Wildman–Crippen MR) is 85.7 cm³/mol. The minimum atomic E-state index is -0.0296. The summed E-state index contributed by atoms with van der Waals surface area (Å²) in [5, 5.41) is 5.98. The summed E-state index contributed by atoms with van der Waals surface area (Å²) >= 11 is 7.43. The highest BCUT2D eigenvalue weighted by molar-refractivity contribution is 7.16. The number of nitrogens with one attached hydrogen (secondary N) is 2. The Labute approximate surface area is 128 Å². The van der Waals surface area contributed by atoms with Gasteiger partial charge in [0.25, 0.3) is 0 Å². The molecule has 1 amide bonds. The number of hydrogen-bond donors (Lipinski definition) is 2. The van der Waals surface area contributed by atoms with Crippen LogP contribution in [0, 0.1) is 6.92 Å². The first-order valence-corrected chi connectivity index (χ1v) is 7.64. The van der Waals surface area contributed by atoms with Gasteiger partial charge in [0.05, 0.1) is 10.9 Å². The van der Waals surface area contributed by atoms with Crippen LogP contribution in [-0.2, 0) is 11.2 Å². The van der Waals surface area contributed by atoms with Crippen molar-refractivity contribution in [2.45, 2.75) is 13.3 Å². The zero-order valence-electron chi connectivity index (χ0n) is 11.3. The molecule has 106 valence electrons. The molecule has 0 radical (unpaired) electrons. The Bertz CT molecular complexity index is 566. The van der Waals surface area contributed by atoms with Crippen LogP contribution < -0.4 is 10.6 Å². The highest BCUT2D eigenvalue weighted by Gasteiger charge is 2.02. The van der Waals surface area contributed by atoms with E-state index in [1.54, 1.807) is 11.3 Å². The van der Waals surface area contributed by atoms with E-state index < -0.39 is 0 Å². The van der Waals surface area contributed by atoms with E-state index in [9.17, 15) is 4.79 Å². The second-order valence-electron chi connectivity index (χ2n) is 4.55. The third-order valence-corrected chi connectivity index (χ3v) is 4.09. The van der Waals surface area contributed by atoms with Gasteiger partial charge in [0.1, 0.15) is 0 Å². The van der Waals surface area contributed by atoms with Crippen LogP contribution >= 0.6 is 22.9 Å². The number of amides is 1. The van der Waals surface area contributed by atoms with Crippen LogP contribution in [0.15, 0.2) is 36.4 Å². The molecule has 0 bridgehead atoms. The van der Waals surface area contributed by atoms with E-state index in [4.69, 9.17) is 11.6 Å². The molecule has 0 fully saturated rings. The lowest BCUT2D eigenvalue weighted by molar-refractivity contribution is -0.115. The normalized spacial score (nSPS) is 10.5. The summed E-state index contributed by atoms with van der Waals surface area (Å²) in [6, 6.07) is 11.7. The Morgan fingerprint density at radius 2 is 1.95 bits per heavy atom. The monoisotopic (exact) mass is 308 g/mol. The van der Waals surface area contributed by atoms with E-state index in [1.165, 1.54) is 10.4 Å². The Balaban J connectivity index is 1.66. The Morgan fingerprint density at radius 3 is 2.60 bits per heavy atom. The van der Waals surface area contributed by atoms with Gasteiger partial charge < -0.3 is 10.6 Å². The van der Waals surface area contributed by atoms with Gasteiger partial charge in [-0.2, -0.15) is 0 Å². The average molecular weight is 309 g/mol. The summed E-state index contributed by atoms with van der Waals surface area (Å²) in [5.74, 6) is -0.0296. The van der Waals surface area contributed by atoms with Crippen molar-refractivity contribution >= 4 is 34.5 Å². The second-order valence-corrected chi connectivity index (χ2v) is 6.35. The first-order chi connectivity index (χ1) is 9.63. The summed E-state index contributed by atoms with van der Waals surface area (Å²) in [6.45, 7) is 3.09. The van der Waals surface area contributed by atoms with Crippen molar-refractivity contribution in [1.82, 2.24) is 5.32 Å². The van der Waals surface area contributed by atoms with Crippen molar-refractivity contribution in [3.63, 3.8) is 0 Å². The molecule has 1 heterocycles. The number of anilines is 1. The molecule has 2 N–H and O–H groups in total. The maximum Gasteiger partial charge on any atom is 0.238 e. The van der Waals surface area contributed by atoms with Gasteiger partial charge in [0, 0.05) is 17.1 Å². The lowest BCUT2D eigenvalue weighted by Crippen LogP contribution is -2.29. The number of halogens is 1. The highest BCUT2D eigenvalue weighted by Crippen LogP contribution is 2.21. The summed E-state index contributed by atoms with van der Waals surface area (Å²) < 4.78 is 0.803. The summed E-state index contributed by atoms with van der Waals surface area (Å²) in [6.07, 6.45) is 0.884. The minimum absolute atomic E-state index is 0.0296. The van der Waals surface area contributed by atoms with Gasteiger partial charge in [-0.25, -0.2) is 0 Å². The number of thiophene rings is 1. The fraction of sp³-hybridized carbons (Fsp3) is 0.267. The van der Waals surface area contributed by atoms with E-state index in [0.29, 0.717) is 6.54 Å². The third kappa shape index (κ3) is 4.96. The van der Waals surface area contributed by atoms with Gasteiger partial charge in [-0.1, -0.05) is 29.3 Å². The largest absolute Gasteiger partial charge is 0.325 e. The standard InChI is InChI=1S/C15H17ClN2OS/c1-11-2-4-12(5-3-11)18-15(19)10-17-9-8-13-6-7-14(16)20-13/h2-7,17H,8-10H2,1H3,(H,18,19). The van der Waals surface area contributed by atoms with Crippen LogP contribution in [0.4, 0.5) is 5.69 Å². The maximum atomic E-state index is 11.7. The van der Waals surface area contributed by atoms with Crippen LogP contribution in [0.2, 0.25) is 4.34 Å². The molecule has 0 saturated heterocycles. The summed E-state index contributed by atoms with van der Waals surface area (Å²) in [7, 11) is 0. The van der Waals surface area contributed by atoms with Crippen LogP contribution in [-0.4, -0.2) is 19.0 Å². The van der Waals surface area contributed by atoms with Gasteiger partial charge in [-0.05, 0) is 37.6 Å². The molecule has 0 aliphatic carbocycles. The van der Waals surface area contributed by atoms with E-state index in [2.05, 4.69) is 10.6 Å². The minimum Gasteiger partial charge on any atom is -0.325 e. The van der Waals surface area contributed by atoms with Crippen molar-refractivity contribution in [2.75, 3.05) is 18.4 Å². The lowest BCUT2D eigenvalue weighted by atomic mass is 10.2. The first kappa shape index (κ1) is 15.0. The Morgan fingerprint density at radius 1 is 1.20 bits per heavy atom. The van der Waals surface area contributed by atoms with Gasteiger partial charge in [-0.15, -0.1) is 11.3 Å². The number of rotatable bonds is 6. The molecule has 0 aliphatic heterocycles. The molecule has 1 aromatic carbocycles. The van der Waals surface area contributed by atoms with Crippen molar-refractivity contribution in [3.8, 4) is 0 Å². The molecular weight excluding hydrogens is 292 g/mol. The van der Waals surface area contributed by atoms with Gasteiger partial charge in [0.15, 0.2) is 0 Å². The molecule has 20 heavy (non-hydrogen) atoms. The molecule has 2 rings (SSSR count). The topological polar surface area (TPSA) is 41.1 Å². The molecule has 1 aromatic heterocycles. The fourth-order valence-electron chi connectivity index (χ4n) is 1.74. The van der Waals surface area contributed by atoms with Gasteiger partial charge >= 0.3 is 0 Å². The zero-order valence-corrected chi connectivity index (χ0v) is 12.9. The molecule has 3 nitrogen and oxygen atoms in total. The molecule has 0 aliphatic rings. The molecular formula is C15H17ClN2OS. The zero-order chi connectivity index (χ0) is 14.4. The van der Waals surface area contributed by atoms with Crippen molar-refractivity contribution in [1.29, 1.82) is 0 Å². The average Bonchev–Trinajstić information content (AvgIpc) is 2.83. The van der Waals surface area contributed by atoms with Crippen LogP contribution in [0.25, 0.3) is 0 Å². The highest BCUT2D eigenvalue weighted by atomic mass is 35.5. The number of aryl methyl sites for hydroxylation is 1. The smallest absolute Gasteiger partial charge is 0.238 e. The Kier molecular flexibility index (Phi) is 5.59. The number of carbonyl (C=O) groups excluding carboxylic acids is 1. The van der Waals surface area contributed by atoms with E-state index in [0.717, 1.165) is 23.0 Å². The molecule has 0 spiro atoms. The predicted octanol–water partition coefficient (Wildman–Crippen LogP) is 3.48. The van der Waals surface area contributed by atoms with Crippen LogP contribution in [0.3, 0.4) is 0 Å². The first-order valence-electron chi connectivity index (χ1n) is 6.45. The molecule has 0 saturated carbocycles. The maximum absolute atomic E-state index is 11.7. The Hall–Kier alpha value is -1.36. The van der Waals surface area contributed by atoms with E-state index >= 15 is 0 Å². The van der Waals surface area contributed by atoms with Crippen LogP contribution in [0.1, 0.15) is 10.4 Å². The van der Waals surface area contributed by atoms with Crippen molar-refractivity contribution in [3.05, 3.63) is 51.2 Å².